The molecule has 0 amide bonds. The van der Waals surface area contributed by atoms with Crippen molar-refractivity contribution in [2.24, 2.45) is 0 Å². The van der Waals surface area contributed by atoms with Gasteiger partial charge >= 0.3 is 0 Å². The summed E-state index contributed by atoms with van der Waals surface area (Å²) in [6.07, 6.45) is 8.69. The zero-order chi connectivity index (χ0) is 41.0. The largest absolute Gasteiger partial charge is 0.485 e. The lowest BCUT2D eigenvalue weighted by atomic mass is 9.90. The van der Waals surface area contributed by atoms with Crippen LogP contribution in [0.4, 0.5) is 17.1 Å². The van der Waals surface area contributed by atoms with Gasteiger partial charge in [0.15, 0.2) is 0 Å². The number of ether oxygens (including phenoxy) is 1. The van der Waals surface area contributed by atoms with Crippen LogP contribution in [0.3, 0.4) is 0 Å². The van der Waals surface area contributed by atoms with Gasteiger partial charge in [0.05, 0.1) is 5.69 Å². The number of benzene rings is 10. The van der Waals surface area contributed by atoms with Crippen LogP contribution in [-0.2, 0) is 0 Å². The molecule has 62 heavy (non-hydrogen) atoms. The number of fused-ring (bicyclic) bond motifs is 7. The Labute approximate surface area is 361 Å². The fourth-order valence-corrected chi connectivity index (χ4v) is 9.66. The second kappa shape index (κ2) is 15.0. The van der Waals surface area contributed by atoms with Gasteiger partial charge in [-0.15, -0.1) is 0 Å². The smallest absolute Gasteiger partial charge is 0.128 e. The molecule has 1 aliphatic carbocycles. The van der Waals surface area contributed by atoms with Crippen LogP contribution < -0.4 is 9.64 Å². The van der Waals surface area contributed by atoms with Crippen LogP contribution in [0, 0.1) is 0 Å². The van der Waals surface area contributed by atoms with Crippen molar-refractivity contribution < 1.29 is 4.74 Å². The fraction of sp³-hybridized carbons (Fsp3) is 0.0333. The lowest BCUT2D eigenvalue weighted by Gasteiger charge is -2.29. The molecular weight excluding hydrogens is 751 g/mol. The molecule has 1 aliphatic heterocycles. The highest BCUT2D eigenvalue weighted by Crippen LogP contribution is 2.47. The zero-order valence-electron chi connectivity index (χ0n) is 34.0. The Bertz CT molecular complexity index is 3380. The second-order valence-electron chi connectivity index (χ2n) is 16.4. The summed E-state index contributed by atoms with van der Waals surface area (Å²) in [6.45, 7) is 0. The predicted molar refractivity (Wildman–Crippen MR) is 261 cm³/mol. The van der Waals surface area contributed by atoms with Gasteiger partial charge in [0.2, 0.25) is 0 Å². The summed E-state index contributed by atoms with van der Waals surface area (Å²) in [7, 11) is 0. The number of hydrogen-bond acceptors (Lipinski definition) is 2. The Morgan fingerprint density at radius 3 is 1.73 bits per heavy atom. The van der Waals surface area contributed by atoms with Crippen molar-refractivity contribution in [3.05, 3.63) is 242 Å². The van der Waals surface area contributed by atoms with Gasteiger partial charge in [-0.2, -0.15) is 0 Å². The normalized spacial score (nSPS) is 15.1. The van der Waals surface area contributed by atoms with Crippen molar-refractivity contribution >= 4 is 49.4 Å². The maximum absolute atomic E-state index is 6.29. The molecule has 0 radical (unpaired) electrons. The summed E-state index contributed by atoms with van der Waals surface area (Å²) < 4.78 is 6.29. The SMILES string of the molecule is C1=CC2Oc3ccc(-c4ccc(N(c5ccc(-c6ccc7ccccc7c6)cc5)c5cc(-c6cc7ccccc7c7ccccc67)ccc5-c5ccccc5)cc4)cc3C2C=C1. The minimum Gasteiger partial charge on any atom is -0.485 e. The molecule has 2 nitrogen and oxygen atoms in total. The summed E-state index contributed by atoms with van der Waals surface area (Å²) in [5, 5.41) is 7.49. The van der Waals surface area contributed by atoms with Gasteiger partial charge in [-0.25, -0.2) is 0 Å². The van der Waals surface area contributed by atoms with Gasteiger partial charge in [-0.1, -0.05) is 176 Å². The third-order valence-corrected chi connectivity index (χ3v) is 12.8. The molecule has 292 valence electrons. The van der Waals surface area contributed by atoms with Crippen LogP contribution in [0.15, 0.2) is 237 Å². The van der Waals surface area contributed by atoms with Crippen molar-refractivity contribution in [2.45, 2.75) is 12.0 Å². The molecule has 0 fully saturated rings. The lowest BCUT2D eigenvalue weighted by molar-refractivity contribution is 0.269. The Hall–Kier alpha value is -7.94. The van der Waals surface area contributed by atoms with E-state index in [0.717, 1.165) is 33.9 Å². The Morgan fingerprint density at radius 2 is 0.952 bits per heavy atom. The maximum Gasteiger partial charge on any atom is 0.128 e. The molecule has 2 heteroatoms. The van der Waals surface area contributed by atoms with Gasteiger partial charge in [-0.3, -0.25) is 0 Å². The Morgan fingerprint density at radius 1 is 0.355 bits per heavy atom. The third kappa shape index (κ3) is 6.28. The van der Waals surface area contributed by atoms with E-state index in [9.17, 15) is 0 Å². The van der Waals surface area contributed by atoms with Gasteiger partial charge in [0, 0.05) is 28.4 Å². The molecule has 1 heterocycles. The molecule has 2 atom stereocenters. The monoisotopic (exact) mass is 791 g/mol. The minimum atomic E-state index is 0.0657. The summed E-state index contributed by atoms with van der Waals surface area (Å²) >= 11 is 0. The van der Waals surface area contributed by atoms with Crippen molar-refractivity contribution in [3.8, 4) is 50.3 Å². The van der Waals surface area contributed by atoms with Gasteiger partial charge in [0.25, 0.3) is 0 Å². The van der Waals surface area contributed by atoms with Crippen LogP contribution in [-0.4, -0.2) is 6.10 Å². The summed E-state index contributed by atoms with van der Waals surface area (Å²) in [5.74, 6) is 1.22. The lowest BCUT2D eigenvalue weighted by Crippen LogP contribution is -2.15. The number of anilines is 3. The number of nitrogens with zero attached hydrogens (tertiary/aromatic N) is 1. The summed E-state index contributed by atoms with van der Waals surface area (Å²) in [4.78, 5) is 2.43. The highest BCUT2D eigenvalue weighted by atomic mass is 16.5. The topological polar surface area (TPSA) is 12.5 Å². The van der Waals surface area contributed by atoms with E-state index in [2.05, 4.69) is 242 Å². The fourth-order valence-electron chi connectivity index (χ4n) is 9.66. The van der Waals surface area contributed by atoms with Crippen LogP contribution in [0.2, 0.25) is 0 Å². The molecule has 2 unspecified atom stereocenters. The highest BCUT2D eigenvalue weighted by molar-refractivity contribution is 6.14. The molecule has 10 aromatic carbocycles. The van der Waals surface area contributed by atoms with Gasteiger partial charge in [-0.05, 0) is 132 Å². The van der Waals surface area contributed by atoms with Crippen LogP contribution in [0.25, 0.3) is 76.8 Å². The second-order valence-corrected chi connectivity index (χ2v) is 16.4. The van der Waals surface area contributed by atoms with E-state index in [1.165, 1.54) is 71.3 Å². The van der Waals surface area contributed by atoms with E-state index in [-0.39, 0.29) is 12.0 Å². The summed E-state index contributed by atoms with van der Waals surface area (Å²) in [6, 6.07) is 77.8. The highest BCUT2D eigenvalue weighted by Gasteiger charge is 2.32. The number of rotatable bonds is 7. The molecule has 0 spiro atoms. The Balaban J connectivity index is 1.03. The van der Waals surface area contributed by atoms with Crippen molar-refractivity contribution in [1.82, 2.24) is 0 Å². The average Bonchev–Trinajstić information content (AvgIpc) is 3.72. The number of hydrogen-bond donors (Lipinski definition) is 0. The van der Waals surface area contributed by atoms with Crippen molar-refractivity contribution in [2.75, 3.05) is 4.90 Å². The predicted octanol–water partition coefficient (Wildman–Crippen LogP) is 16.3. The molecule has 2 aliphatic rings. The van der Waals surface area contributed by atoms with E-state index in [4.69, 9.17) is 4.74 Å². The van der Waals surface area contributed by atoms with Crippen LogP contribution in [0.1, 0.15) is 11.5 Å². The Kier molecular flexibility index (Phi) is 8.67. The molecule has 10 aromatic rings. The van der Waals surface area contributed by atoms with Gasteiger partial charge < -0.3 is 9.64 Å². The van der Waals surface area contributed by atoms with Crippen molar-refractivity contribution in [3.63, 3.8) is 0 Å². The minimum absolute atomic E-state index is 0.0657. The quantitative estimate of drug-likeness (QED) is 0.149. The van der Waals surface area contributed by atoms with Gasteiger partial charge in [0.1, 0.15) is 11.9 Å². The summed E-state index contributed by atoms with van der Waals surface area (Å²) in [5.41, 5.74) is 14.0. The van der Waals surface area contributed by atoms with E-state index in [1.54, 1.807) is 0 Å². The third-order valence-electron chi connectivity index (χ3n) is 12.8. The average molecular weight is 792 g/mol. The van der Waals surface area contributed by atoms with E-state index >= 15 is 0 Å². The molecule has 0 aromatic heterocycles. The first-order valence-electron chi connectivity index (χ1n) is 21.5. The van der Waals surface area contributed by atoms with E-state index in [0.29, 0.717) is 0 Å². The van der Waals surface area contributed by atoms with Crippen LogP contribution >= 0.6 is 0 Å². The first-order chi connectivity index (χ1) is 30.7. The molecule has 12 rings (SSSR count). The molecule has 0 saturated heterocycles. The molecular formula is C60H41NO. The zero-order valence-corrected chi connectivity index (χ0v) is 34.0. The first-order valence-corrected chi connectivity index (χ1v) is 21.5. The first kappa shape index (κ1) is 36.0. The molecule has 0 N–H and O–H groups in total. The molecule has 0 saturated carbocycles. The number of allylic oxidation sites excluding steroid dienone is 2. The maximum atomic E-state index is 6.29. The van der Waals surface area contributed by atoms with Crippen LogP contribution in [0.5, 0.6) is 5.75 Å². The standard InChI is InChI=1S/C60H41NO/c1-2-13-43(14-3-1)52-34-28-48(56-38-47-16-6-7-17-51(47)53-18-8-9-19-54(53)56)39-58(52)61(49-30-24-41(25-31-49)45-23-22-40-12-4-5-15-44(40)36-45)50-32-26-42(27-33-50)46-29-35-60-57(37-46)55-20-10-11-21-59(55)62-60/h1-39,55,59H. The molecule has 0 bridgehead atoms. The van der Waals surface area contributed by atoms with Crippen molar-refractivity contribution in [1.29, 1.82) is 0 Å². The van der Waals surface area contributed by atoms with E-state index in [1.807, 2.05) is 0 Å². The van der Waals surface area contributed by atoms with E-state index < -0.39 is 0 Å².